The molecular weight excluding hydrogens is 270 g/mol. The molecule has 0 aliphatic rings. The van der Waals surface area contributed by atoms with Crippen molar-refractivity contribution in [3.63, 3.8) is 0 Å². The van der Waals surface area contributed by atoms with Crippen molar-refractivity contribution in [1.82, 2.24) is 4.98 Å². The van der Waals surface area contributed by atoms with Gasteiger partial charge in [-0.25, -0.2) is 9.37 Å². The summed E-state index contributed by atoms with van der Waals surface area (Å²) in [5.41, 5.74) is -0.269. The van der Waals surface area contributed by atoms with Gasteiger partial charge in [0.2, 0.25) is 5.78 Å². The average Bonchev–Trinajstić information content (AvgIpc) is 2.77. The number of rotatable bonds is 2. The Labute approximate surface area is 103 Å². The molecule has 1 aromatic heterocycles. The monoisotopic (exact) mass is 275 g/mol. The Morgan fingerprint density at radius 2 is 1.89 bits per heavy atom. The Balaban J connectivity index is 2.36. The van der Waals surface area contributed by atoms with Gasteiger partial charge in [-0.1, -0.05) is 12.1 Å². The number of halogens is 4. The summed E-state index contributed by atoms with van der Waals surface area (Å²) in [6.45, 7) is 0. The van der Waals surface area contributed by atoms with E-state index in [2.05, 4.69) is 4.98 Å². The predicted molar refractivity (Wildman–Crippen MR) is 56.9 cm³/mol. The van der Waals surface area contributed by atoms with Gasteiger partial charge in [-0.2, -0.15) is 13.2 Å². The van der Waals surface area contributed by atoms with Crippen molar-refractivity contribution in [3.05, 3.63) is 51.7 Å². The first-order valence-corrected chi connectivity index (χ1v) is 5.53. The number of alkyl halides is 3. The third-order valence-corrected chi connectivity index (χ3v) is 3.13. The quantitative estimate of drug-likeness (QED) is 0.620. The number of aromatic nitrogens is 1. The first kappa shape index (κ1) is 12.7. The summed E-state index contributed by atoms with van der Waals surface area (Å²) in [6.07, 6.45) is -3.79. The van der Waals surface area contributed by atoms with E-state index in [9.17, 15) is 22.4 Å². The number of hydrogen-bond acceptors (Lipinski definition) is 3. The van der Waals surface area contributed by atoms with Crippen molar-refractivity contribution < 1.29 is 22.4 Å². The molecule has 0 N–H and O–H groups in total. The van der Waals surface area contributed by atoms with Crippen LogP contribution in [0.5, 0.6) is 0 Å². The molecule has 0 spiro atoms. The molecule has 1 heterocycles. The molecule has 2 aromatic rings. The Hall–Kier alpha value is -1.76. The van der Waals surface area contributed by atoms with Gasteiger partial charge >= 0.3 is 6.18 Å². The summed E-state index contributed by atoms with van der Waals surface area (Å²) in [6, 6.07) is 5.10. The number of thiazole rings is 1. The van der Waals surface area contributed by atoms with E-state index in [-0.39, 0.29) is 21.8 Å². The highest BCUT2D eigenvalue weighted by Crippen LogP contribution is 2.33. The standard InChI is InChI=1S/C11H5F4NOS/c12-7-4-2-1-3-6(7)9(17)8-5-16-10(18-8)11(13,14)15/h1-5H. The second kappa shape index (κ2) is 4.49. The minimum absolute atomic E-state index is 0.199. The van der Waals surface area contributed by atoms with Crippen molar-refractivity contribution in [2.24, 2.45) is 0 Å². The lowest BCUT2D eigenvalue weighted by Crippen LogP contribution is -2.03. The van der Waals surface area contributed by atoms with Gasteiger partial charge in [-0.05, 0) is 12.1 Å². The molecule has 0 saturated heterocycles. The van der Waals surface area contributed by atoms with Crippen LogP contribution in [0.2, 0.25) is 0 Å². The van der Waals surface area contributed by atoms with E-state index in [4.69, 9.17) is 0 Å². The van der Waals surface area contributed by atoms with E-state index in [1.807, 2.05) is 0 Å². The lowest BCUT2D eigenvalue weighted by Gasteiger charge is -2.00. The van der Waals surface area contributed by atoms with Gasteiger partial charge in [0.25, 0.3) is 0 Å². The fourth-order valence-electron chi connectivity index (χ4n) is 1.29. The zero-order valence-corrected chi connectivity index (χ0v) is 9.48. The van der Waals surface area contributed by atoms with Crippen molar-refractivity contribution in [3.8, 4) is 0 Å². The van der Waals surface area contributed by atoms with Gasteiger partial charge in [0, 0.05) is 6.20 Å². The normalized spacial score (nSPS) is 11.6. The van der Waals surface area contributed by atoms with Crippen molar-refractivity contribution in [1.29, 1.82) is 0 Å². The summed E-state index contributed by atoms with van der Waals surface area (Å²) < 4.78 is 50.2. The van der Waals surface area contributed by atoms with Crippen LogP contribution < -0.4 is 0 Å². The van der Waals surface area contributed by atoms with Gasteiger partial charge in [-0.15, -0.1) is 11.3 Å². The highest BCUT2D eigenvalue weighted by molar-refractivity contribution is 7.13. The molecule has 1 aromatic carbocycles. The minimum Gasteiger partial charge on any atom is -0.288 e. The Morgan fingerprint density at radius 1 is 1.22 bits per heavy atom. The highest BCUT2D eigenvalue weighted by Gasteiger charge is 2.35. The van der Waals surface area contributed by atoms with Crippen molar-refractivity contribution >= 4 is 17.1 Å². The van der Waals surface area contributed by atoms with Crippen LogP contribution in [0.4, 0.5) is 17.6 Å². The lowest BCUT2D eigenvalue weighted by molar-refractivity contribution is -0.137. The summed E-state index contributed by atoms with van der Waals surface area (Å²) in [5.74, 6) is -1.58. The predicted octanol–water partition coefficient (Wildman–Crippen LogP) is 3.53. The topological polar surface area (TPSA) is 30.0 Å². The number of hydrogen-bond donors (Lipinski definition) is 0. The van der Waals surface area contributed by atoms with Crippen LogP contribution in [0.15, 0.2) is 30.5 Å². The Bertz CT molecular complexity index is 591. The van der Waals surface area contributed by atoms with Crippen LogP contribution in [0.1, 0.15) is 20.2 Å². The molecule has 18 heavy (non-hydrogen) atoms. The van der Waals surface area contributed by atoms with E-state index < -0.39 is 22.8 Å². The molecule has 0 fully saturated rings. The summed E-state index contributed by atoms with van der Waals surface area (Å²) in [7, 11) is 0. The molecule has 2 rings (SSSR count). The molecular formula is C11H5F4NOS. The molecule has 0 saturated carbocycles. The third kappa shape index (κ3) is 2.40. The third-order valence-electron chi connectivity index (χ3n) is 2.09. The molecule has 0 atom stereocenters. The maximum absolute atomic E-state index is 13.3. The molecule has 0 unspecified atom stereocenters. The SMILES string of the molecule is O=C(c1cnc(C(F)(F)F)s1)c1ccccc1F. The van der Waals surface area contributed by atoms with Gasteiger partial charge in [0.1, 0.15) is 5.82 Å². The second-order valence-electron chi connectivity index (χ2n) is 3.34. The number of carbonyl (C=O) groups is 1. The summed E-state index contributed by atoms with van der Waals surface area (Å²) in [5, 5.41) is -1.12. The van der Waals surface area contributed by atoms with Crippen LogP contribution in [-0.4, -0.2) is 10.8 Å². The molecule has 0 bridgehead atoms. The van der Waals surface area contributed by atoms with Crippen molar-refractivity contribution in [2.75, 3.05) is 0 Å². The van der Waals surface area contributed by atoms with Crippen LogP contribution in [-0.2, 0) is 6.18 Å². The van der Waals surface area contributed by atoms with Gasteiger partial charge in [0.05, 0.1) is 10.4 Å². The van der Waals surface area contributed by atoms with Crippen LogP contribution in [0.3, 0.4) is 0 Å². The largest absolute Gasteiger partial charge is 0.443 e. The van der Waals surface area contributed by atoms with Gasteiger partial charge < -0.3 is 0 Å². The highest BCUT2D eigenvalue weighted by atomic mass is 32.1. The zero-order valence-electron chi connectivity index (χ0n) is 8.66. The molecule has 2 nitrogen and oxygen atoms in total. The van der Waals surface area contributed by atoms with Gasteiger partial charge in [-0.3, -0.25) is 4.79 Å². The number of benzene rings is 1. The van der Waals surface area contributed by atoms with Crippen molar-refractivity contribution in [2.45, 2.75) is 6.18 Å². The first-order valence-electron chi connectivity index (χ1n) is 4.72. The summed E-state index contributed by atoms with van der Waals surface area (Å²) in [4.78, 5) is 14.6. The summed E-state index contributed by atoms with van der Waals surface area (Å²) >= 11 is 0.199. The number of nitrogens with zero attached hydrogens (tertiary/aromatic N) is 1. The van der Waals surface area contributed by atoms with Crippen LogP contribution in [0, 0.1) is 5.82 Å². The first-order chi connectivity index (χ1) is 8.39. The lowest BCUT2D eigenvalue weighted by atomic mass is 10.1. The molecule has 0 aliphatic carbocycles. The maximum atomic E-state index is 13.3. The van der Waals surface area contributed by atoms with E-state index in [1.165, 1.54) is 18.2 Å². The smallest absolute Gasteiger partial charge is 0.288 e. The van der Waals surface area contributed by atoms with E-state index in [0.717, 1.165) is 12.3 Å². The molecule has 0 aliphatic heterocycles. The number of ketones is 1. The fraction of sp³-hybridized carbons (Fsp3) is 0.0909. The average molecular weight is 275 g/mol. The maximum Gasteiger partial charge on any atom is 0.443 e. The zero-order chi connectivity index (χ0) is 13.3. The van der Waals surface area contributed by atoms with Gasteiger partial charge in [0.15, 0.2) is 5.01 Å². The molecule has 7 heteroatoms. The fourth-order valence-corrected chi connectivity index (χ4v) is 2.03. The molecule has 0 radical (unpaired) electrons. The van der Waals surface area contributed by atoms with E-state index >= 15 is 0 Å². The van der Waals surface area contributed by atoms with Crippen LogP contribution >= 0.6 is 11.3 Å². The number of carbonyl (C=O) groups excluding carboxylic acids is 1. The minimum atomic E-state index is -4.60. The molecule has 0 amide bonds. The second-order valence-corrected chi connectivity index (χ2v) is 4.37. The van der Waals surface area contributed by atoms with E-state index in [1.54, 1.807) is 0 Å². The molecule has 94 valence electrons. The Morgan fingerprint density at radius 3 is 2.44 bits per heavy atom. The van der Waals surface area contributed by atoms with E-state index in [0.29, 0.717) is 0 Å². The Kier molecular flexibility index (Phi) is 3.16. The van der Waals surface area contributed by atoms with Crippen LogP contribution in [0.25, 0.3) is 0 Å².